The van der Waals surface area contributed by atoms with Gasteiger partial charge in [-0.3, -0.25) is 4.79 Å². The molecule has 1 heterocycles. The number of esters is 1. The molecule has 0 aromatic heterocycles. The summed E-state index contributed by atoms with van der Waals surface area (Å²) < 4.78 is 15.0. The number of nitriles is 1. The molecule has 1 aliphatic heterocycles. The van der Waals surface area contributed by atoms with Crippen molar-refractivity contribution in [2.24, 2.45) is 5.92 Å². The predicted octanol–water partition coefficient (Wildman–Crippen LogP) is 0.452. The molecule has 0 spiro atoms. The number of rotatable bonds is 4. The molecule has 0 N–H and O–H groups in total. The molecule has 0 aliphatic carbocycles. The summed E-state index contributed by atoms with van der Waals surface area (Å²) in [4.78, 5) is 11.2. The van der Waals surface area contributed by atoms with E-state index in [1.165, 1.54) is 0 Å². The molecule has 1 rings (SSSR count). The fourth-order valence-electron chi connectivity index (χ4n) is 1.18. The zero-order valence-corrected chi connectivity index (χ0v) is 8.06. The van der Waals surface area contributed by atoms with Crippen molar-refractivity contribution in [3.63, 3.8) is 0 Å². The lowest BCUT2D eigenvalue weighted by atomic mass is 10.1. The van der Waals surface area contributed by atoms with Gasteiger partial charge in [-0.2, -0.15) is 5.26 Å². The van der Waals surface area contributed by atoms with Crippen LogP contribution < -0.4 is 0 Å². The van der Waals surface area contributed by atoms with Crippen molar-refractivity contribution in [1.82, 2.24) is 0 Å². The first kappa shape index (κ1) is 11.0. The molecule has 1 unspecified atom stereocenters. The molecule has 1 saturated heterocycles. The van der Waals surface area contributed by atoms with Crippen molar-refractivity contribution in [2.45, 2.75) is 19.6 Å². The maximum absolute atomic E-state index is 11.2. The predicted molar refractivity (Wildman–Crippen MR) is 46.0 cm³/mol. The Morgan fingerprint density at radius 3 is 2.79 bits per heavy atom. The van der Waals surface area contributed by atoms with Gasteiger partial charge in [0.2, 0.25) is 0 Å². The van der Waals surface area contributed by atoms with Gasteiger partial charge in [-0.05, 0) is 6.92 Å². The van der Waals surface area contributed by atoms with E-state index in [4.69, 9.17) is 19.5 Å². The third-order valence-corrected chi connectivity index (χ3v) is 1.85. The third-order valence-electron chi connectivity index (χ3n) is 1.85. The van der Waals surface area contributed by atoms with Gasteiger partial charge < -0.3 is 14.2 Å². The summed E-state index contributed by atoms with van der Waals surface area (Å²) >= 11 is 0. The van der Waals surface area contributed by atoms with Gasteiger partial charge >= 0.3 is 5.97 Å². The smallest absolute Gasteiger partial charge is 0.323 e. The highest BCUT2D eigenvalue weighted by molar-refractivity contribution is 5.75. The van der Waals surface area contributed by atoms with Crippen LogP contribution in [0.5, 0.6) is 0 Å². The zero-order chi connectivity index (χ0) is 10.4. The Bertz CT molecular complexity index is 229. The average Bonchev–Trinajstić information content (AvgIpc) is 2.66. The normalized spacial score (nSPS) is 18.9. The second-order valence-corrected chi connectivity index (χ2v) is 2.84. The van der Waals surface area contributed by atoms with Gasteiger partial charge in [-0.1, -0.05) is 0 Å². The SMILES string of the molecule is CCOC(=O)C(C#N)CC1OCCO1. The monoisotopic (exact) mass is 199 g/mol. The van der Waals surface area contributed by atoms with E-state index in [9.17, 15) is 4.79 Å². The Hall–Kier alpha value is -1.12. The molecular weight excluding hydrogens is 186 g/mol. The first-order valence-corrected chi connectivity index (χ1v) is 4.57. The topological polar surface area (TPSA) is 68.6 Å². The fraction of sp³-hybridized carbons (Fsp3) is 0.778. The minimum atomic E-state index is -0.793. The minimum Gasteiger partial charge on any atom is -0.465 e. The second-order valence-electron chi connectivity index (χ2n) is 2.84. The Balaban J connectivity index is 2.38. The lowest BCUT2D eigenvalue weighted by Gasteiger charge is -2.12. The molecule has 0 aromatic rings. The largest absolute Gasteiger partial charge is 0.465 e. The van der Waals surface area contributed by atoms with Crippen molar-refractivity contribution in [2.75, 3.05) is 19.8 Å². The molecule has 1 fully saturated rings. The van der Waals surface area contributed by atoms with E-state index in [2.05, 4.69) is 0 Å². The molecular formula is C9H13NO4. The number of nitrogens with zero attached hydrogens (tertiary/aromatic N) is 1. The minimum absolute atomic E-state index is 0.245. The first-order chi connectivity index (χ1) is 6.77. The third kappa shape index (κ3) is 2.98. The molecule has 1 aliphatic rings. The molecule has 0 bridgehead atoms. The quantitative estimate of drug-likeness (QED) is 0.615. The number of hydrogen-bond donors (Lipinski definition) is 0. The molecule has 0 radical (unpaired) electrons. The zero-order valence-electron chi connectivity index (χ0n) is 8.06. The van der Waals surface area contributed by atoms with Gasteiger partial charge in [0.15, 0.2) is 6.29 Å². The summed E-state index contributed by atoms with van der Waals surface area (Å²) in [5.41, 5.74) is 0. The highest BCUT2D eigenvalue weighted by Gasteiger charge is 2.27. The van der Waals surface area contributed by atoms with Gasteiger partial charge in [-0.15, -0.1) is 0 Å². The molecule has 5 nitrogen and oxygen atoms in total. The van der Waals surface area contributed by atoms with E-state index in [1.54, 1.807) is 6.92 Å². The Morgan fingerprint density at radius 2 is 2.29 bits per heavy atom. The Labute approximate surface area is 82.5 Å². The maximum Gasteiger partial charge on any atom is 0.323 e. The van der Waals surface area contributed by atoms with Crippen molar-refractivity contribution >= 4 is 5.97 Å². The van der Waals surface area contributed by atoms with Crippen LogP contribution in [0.4, 0.5) is 0 Å². The molecule has 78 valence electrons. The van der Waals surface area contributed by atoms with Crippen LogP contribution in [-0.4, -0.2) is 32.1 Å². The number of carbonyl (C=O) groups excluding carboxylic acids is 1. The van der Waals surface area contributed by atoms with Gasteiger partial charge in [0.05, 0.1) is 25.9 Å². The second kappa shape index (κ2) is 5.58. The van der Waals surface area contributed by atoms with Crippen LogP contribution in [0.15, 0.2) is 0 Å². The molecule has 0 saturated carbocycles. The molecule has 14 heavy (non-hydrogen) atoms. The summed E-state index contributed by atoms with van der Waals surface area (Å²) in [6.07, 6.45) is -0.195. The van der Waals surface area contributed by atoms with Crippen molar-refractivity contribution in [3.05, 3.63) is 0 Å². The van der Waals surface area contributed by atoms with Crippen LogP contribution in [0.1, 0.15) is 13.3 Å². The van der Waals surface area contributed by atoms with Crippen LogP contribution in [0, 0.1) is 17.2 Å². The average molecular weight is 199 g/mol. The summed E-state index contributed by atoms with van der Waals surface area (Å²) in [7, 11) is 0. The lowest BCUT2D eigenvalue weighted by molar-refractivity contribution is -0.149. The lowest BCUT2D eigenvalue weighted by Crippen LogP contribution is -2.22. The van der Waals surface area contributed by atoms with Crippen LogP contribution >= 0.6 is 0 Å². The van der Waals surface area contributed by atoms with E-state index in [0.29, 0.717) is 13.2 Å². The van der Waals surface area contributed by atoms with Crippen molar-refractivity contribution in [1.29, 1.82) is 5.26 Å². The van der Waals surface area contributed by atoms with E-state index >= 15 is 0 Å². The number of hydrogen-bond acceptors (Lipinski definition) is 5. The van der Waals surface area contributed by atoms with Gasteiger partial charge in [0.1, 0.15) is 5.92 Å². The summed E-state index contributed by atoms with van der Waals surface area (Å²) in [6.45, 7) is 3.02. The van der Waals surface area contributed by atoms with E-state index in [1.807, 2.05) is 6.07 Å². The summed E-state index contributed by atoms with van der Waals surface area (Å²) in [5, 5.41) is 8.72. The standard InChI is InChI=1S/C9H13NO4/c1-2-12-9(11)7(6-10)5-8-13-3-4-14-8/h7-8H,2-5H2,1H3. The molecule has 0 amide bonds. The van der Waals surface area contributed by atoms with E-state index in [0.717, 1.165) is 0 Å². The highest BCUT2D eigenvalue weighted by Crippen LogP contribution is 2.15. The van der Waals surface area contributed by atoms with E-state index in [-0.39, 0.29) is 13.0 Å². The summed E-state index contributed by atoms with van der Waals surface area (Å²) in [5.74, 6) is -1.30. The number of carbonyl (C=O) groups is 1. The number of ether oxygens (including phenoxy) is 3. The molecule has 5 heteroatoms. The van der Waals surface area contributed by atoms with Crippen LogP contribution in [-0.2, 0) is 19.0 Å². The Morgan fingerprint density at radius 1 is 1.64 bits per heavy atom. The first-order valence-electron chi connectivity index (χ1n) is 4.57. The van der Waals surface area contributed by atoms with Crippen LogP contribution in [0.3, 0.4) is 0 Å². The van der Waals surface area contributed by atoms with Crippen molar-refractivity contribution in [3.8, 4) is 6.07 Å². The van der Waals surface area contributed by atoms with Crippen LogP contribution in [0.25, 0.3) is 0 Å². The fourth-order valence-corrected chi connectivity index (χ4v) is 1.18. The molecule has 1 atom stereocenters. The van der Waals surface area contributed by atoms with Crippen LogP contribution in [0.2, 0.25) is 0 Å². The van der Waals surface area contributed by atoms with Gasteiger partial charge in [0.25, 0.3) is 0 Å². The van der Waals surface area contributed by atoms with Gasteiger partial charge in [0, 0.05) is 6.42 Å². The highest BCUT2D eigenvalue weighted by atomic mass is 16.7. The summed E-state index contributed by atoms with van der Waals surface area (Å²) in [6, 6.07) is 1.88. The molecule has 0 aromatic carbocycles. The van der Waals surface area contributed by atoms with E-state index < -0.39 is 18.2 Å². The van der Waals surface area contributed by atoms with Crippen molar-refractivity contribution < 1.29 is 19.0 Å². The van der Waals surface area contributed by atoms with Gasteiger partial charge in [-0.25, -0.2) is 0 Å². The Kier molecular flexibility index (Phi) is 4.36. The maximum atomic E-state index is 11.2.